The largest absolute Gasteiger partial charge is 0.462 e. The van der Waals surface area contributed by atoms with E-state index in [9.17, 15) is 44.5 Å². The molecule has 11 atom stereocenters. The number of alkyl halides is 1. The Morgan fingerprint density at radius 2 is 1.82 bits per heavy atom. The zero-order chi connectivity index (χ0) is 37.0. The predicted octanol–water partition coefficient (Wildman–Crippen LogP) is 0.871. The molecule has 0 aromatic rings. The summed E-state index contributed by atoms with van der Waals surface area (Å²) >= 11 is 0. The first-order valence-electron chi connectivity index (χ1n) is 16.1. The first-order valence-corrected chi connectivity index (χ1v) is 16.1. The first-order chi connectivity index (χ1) is 23.2. The number of rotatable bonds is 13. The van der Waals surface area contributed by atoms with Crippen LogP contribution in [0.5, 0.6) is 0 Å². The highest BCUT2D eigenvalue weighted by molar-refractivity contribution is 6.01. The number of ketones is 2. The molecule has 0 aromatic heterocycles. The smallest absolute Gasteiger partial charge is 0.323 e. The number of halogens is 1. The van der Waals surface area contributed by atoms with E-state index < -0.39 is 119 Å². The van der Waals surface area contributed by atoms with Gasteiger partial charge in [0.1, 0.15) is 25.4 Å². The van der Waals surface area contributed by atoms with E-state index in [0.717, 1.165) is 0 Å². The maximum absolute atomic E-state index is 15.8. The summed E-state index contributed by atoms with van der Waals surface area (Å²) in [7, 11) is 0. The molecule has 4 fully saturated rings. The van der Waals surface area contributed by atoms with Gasteiger partial charge in [0.15, 0.2) is 29.9 Å². The predicted molar refractivity (Wildman–Crippen MR) is 161 cm³/mol. The number of aliphatic hydroxyl groups excluding tert-OH is 1. The highest BCUT2D eigenvalue weighted by Gasteiger charge is 2.77. The Morgan fingerprint density at radius 1 is 1.12 bits per heavy atom. The molecule has 19 heteroatoms. The van der Waals surface area contributed by atoms with Crippen LogP contribution in [0.25, 0.3) is 0 Å². The van der Waals surface area contributed by atoms with Crippen LogP contribution in [0.3, 0.4) is 0 Å². The van der Waals surface area contributed by atoms with Crippen molar-refractivity contribution < 1.29 is 67.5 Å². The quantitative estimate of drug-likeness (QED) is 0.152. The summed E-state index contributed by atoms with van der Waals surface area (Å²) in [6.07, 6.45) is -1.01. The van der Waals surface area contributed by atoms with Gasteiger partial charge in [0, 0.05) is 16.7 Å². The number of hydrogen-bond acceptors (Lipinski definition) is 16. The fourth-order valence-corrected chi connectivity index (χ4v) is 9.16. The van der Waals surface area contributed by atoms with Crippen LogP contribution in [0, 0.1) is 48.8 Å². The fourth-order valence-electron chi connectivity index (χ4n) is 9.16. The number of allylic oxidation sites excluding steroid dienone is 4. The summed E-state index contributed by atoms with van der Waals surface area (Å²) in [5, 5.41) is 30.3. The molecule has 3 saturated carbocycles. The van der Waals surface area contributed by atoms with Gasteiger partial charge in [-0.1, -0.05) is 19.9 Å². The normalized spacial score (nSPS) is 37.5. The Labute approximate surface area is 284 Å². The Bertz CT molecular complexity index is 1520. The van der Waals surface area contributed by atoms with Gasteiger partial charge < -0.3 is 39.5 Å². The number of Topliss-reactive ketones (excluding diaryl/α,β-unsaturated/α-hetero) is 1. The second-order valence-electron chi connectivity index (χ2n) is 14.4. The number of carbonyl (C=O) groups excluding carboxylic acids is 4. The first kappa shape index (κ1) is 37.2. The van der Waals surface area contributed by atoms with Gasteiger partial charge in [-0.25, -0.2) is 4.39 Å². The van der Waals surface area contributed by atoms with Crippen molar-refractivity contribution in [3.63, 3.8) is 0 Å². The van der Waals surface area contributed by atoms with E-state index in [1.165, 1.54) is 12.2 Å². The van der Waals surface area contributed by atoms with E-state index in [2.05, 4.69) is 9.68 Å². The summed E-state index contributed by atoms with van der Waals surface area (Å²) in [6.45, 7) is 4.24. The number of fused-ring (bicyclic) bond motifs is 7. The lowest BCUT2D eigenvalue weighted by Crippen LogP contribution is -2.64. The van der Waals surface area contributed by atoms with E-state index in [-0.39, 0.29) is 24.5 Å². The van der Waals surface area contributed by atoms with Crippen molar-refractivity contribution in [1.29, 1.82) is 0 Å². The van der Waals surface area contributed by atoms with Gasteiger partial charge in [-0.2, -0.15) is 0 Å². The van der Waals surface area contributed by atoms with Crippen molar-refractivity contribution in [2.45, 2.75) is 95.3 Å². The molecule has 1 heterocycles. The summed E-state index contributed by atoms with van der Waals surface area (Å²) in [5.41, 5.74) is 2.34. The highest BCUT2D eigenvalue weighted by Crippen LogP contribution is 2.70. The molecular formula is C31H40FN3O15. The number of esters is 2. The molecular weight excluding hydrogens is 673 g/mol. The van der Waals surface area contributed by atoms with Crippen molar-refractivity contribution in [1.82, 2.24) is 0 Å². The SMILES string of the molecule is CC1(C)O[C@@H]2C[C@H]3[C@@H]4C[C@H](F)C5=CC(=O)C=C[C@]5(C)[C@H]4[C@@H](O)C[C@]3(C)[C@]2(C(=O)COC(=O)CC(N)C(=O)OCC(CO[N+](=O)[O-])O[N+](=O)[O-])O1. The van der Waals surface area contributed by atoms with E-state index in [1.807, 2.05) is 6.92 Å². The molecule has 2 unspecified atom stereocenters. The van der Waals surface area contributed by atoms with E-state index in [4.69, 9.17) is 24.7 Å². The van der Waals surface area contributed by atoms with Crippen molar-refractivity contribution in [2.75, 3.05) is 19.8 Å². The minimum absolute atomic E-state index is 0.0234. The van der Waals surface area contributed by atoms with Gasteiger partial charge in [0.25, 0.3) is 10.2 Å². The van der Waals surface area contributed by atoms with Crippen LogP contribution in [-0.4, -0.2) is 101 Å². The zero-order valence-electron chi connectivity index (χ0n) is 27.8. The average Bonchev–Trinajstić information content (AvgIpc) is 3.42. The Hall–Kier alpha value is -4.07. The molecule has 50 heavy (non-hydrogen) atoms. The van der Waals surface area contributed by atoms with Crippen LogP contribution in [0.2, 0.25) is 0 Å². The lowest BCUT2D eigenvalue weighted by atomic mass is 9.46. The van der Waals surface area contributed by atoms with E-state index in [1.54, 1.807) is 26.8 Å². The second-order valence-corrected chi connectivity index (χ2v) is 14.4. The minimum atomic E-state index is -1.70. The topological polar surface area (TPSA) is 256 Å². The van der Waals surface area contributed by atoms with Gasteiger partial charge in [-0.15, -0.1) is 20.2 Å². The van der Waals surface area contributed by atoms with Gasteiger partial charge in [-0.05, 0) is 62.7 Å². The molecule has 5 rings (SSSR count). The summed E-state index contributed by atoms with van der Waals surface area (Å²) in [4.78, 5) is 80.6. The van der Waals surface area contributed by atoms with Gasteiger partial charge in [-0.3, -0.25) is 19.2 Å². The Balaban J connectivity index is 1.27. The third-order valence-corrected chi connectivity index (χ3v) is 10.9. The molecule has 0 radical (unpaired) electrons. The van der Waals surface area contributed by atoms with Crippen molar-refractivity contribution in [3.8, 4) is 0 Å². The maximum Gasteiger partial charge on any atom is 0.323 e. The van der Waals surface area contributed by atoms with Gasteiger partial charge >= 0.3 is 11.9 Å². The molecule has 18 nitrogen and oxygen atoms in total. The number of nitrogens with two attached hydrogens (primary N) is 1. The summed E-state index contributed by atoms with van der Waals surface area (Å²) in [6, 6.07) is -1.65. The summed E-state index contributed by atoms with van der Waals surface area (Å²) < 4.78 is 38.5. The van der Waals surface area contributed by atoms with Gasteiger partial charge in [0.05, 0.1) is 18.6 Å². The average molecular weight is 714 g/mol. The van der Waals surface area contributed by atoms with E-state index in [0.29, 0.717) is 12.0 Å². The van der Waals surface area contributed by atoms with Crippen molar-refractivity contribution >= 4 is 23.5 Å². The van der Waals surface area contributed by atoms with Crippen LogP contribution < -0.4 is 5.73 Å². The zero-order valence-corrected chi connectivity index (χ0v) is 27.8. The lowest BCUT2D eigenvalue weighted by molar-refractivity contribution is -0.790. The molecule has 0 spiro atoms. The molecule has 1 aliphatic heterocycles. The monoisotopic (exact) mass is 713 g/mol. The summed E-state index contributed by atoms with van der Waals surface area (Å²) in [5.74, 6) is -5.76. The fraction of sp³-hybridized carbons (Fsp3) is 0.742. The van der Waals surface area contributed by atoms with Crippen LogP contribution in [0.1, 0.15) is 53.4 Å². The molecule has 4 aliphatic carbocycles. The highest BCUT2D eigenvalue weighted by atomic mass is 19.1. The molecule has 5 aliphatic rings. The molecule has 0 amide bonds. The van der Waals surface area contributed by atoms with E-state index >= 15 is 4.39 Å². The number of carbonyl (C=O) groups is 4. The second kappa shape index (κ2) is 13.2. The third kappa shape index (κ3) is 6.46. The molecule has 0 aromatic carbocycles. The standard InChI is InChI=1S/C31H40FN3O15/c1-28(2)48-24-9-18-17-8-20(32)19-7-15(36)5-6-29(19,3)26(17)22(37)11-30(18,4)31(24,50-28)23(38)14-45-25(39)10-21(33)27(40)46-12-16(49-35(43)44)13-47-34(41)42/h5-7,16-18,20-22,24,26,37H,8-14,33H2,1-4H3/t16?,17-,18-,20-,21?,22-,24+,26+,29-,30-,31+/m0/s1. The van der Waals surface area contributed by atoms with Crippen LogP contribution in [0.15, 0.2) is 23.8 Å². The molecule has 1 saturated heterocycles. The minimum Gasteiger partial charge on any atom is -0.462 e. The van der Waals surface area contributed by atoms with Crippen LogP contribution in [-0.2, 0) is 47.8 Å². The van der Waals surface area contributed by atoms with Crippen molar-refractivity contribution in [2.24, 2.45) is 34.3 Å². The molecule has 3 N–H and O–H groups in total. The number of ether oxygens (including phenoxy) is 4. The lowest BCUT2D eigenvalue weighted by Gasteiger charge is -2.60. The van der Waals surface area contributed by atoms with Crippen LogP contribution >= 0.6 is 0 Å². The maximum atomic E-state index is 15.8. The van der Waals surface area contributed by atoms with Gasteiger partial charge in [0.2, 0.25) is 5.78 Å². The molecule has 0 bridgehead atoms. The number of hydrogen-bond donors (Lipinski definition) is 2. The molecule has 276 valence electrons. The Morgan fingerprint density at radius 3 is 2.48 bits per heavy atom. The number of aliphatic hydroxyl groups is 1. The van der Waals surface area contributed by atoms with Crippen LogP contribution in [0.4, 0.5) is 4.39 Å². The number of nitrogens with zero attached hydrogens (tertiary/aromatic N) is 2. The third-order valence-electron chi connectivity index (χ3n) is 10.9. The van der Waals surface area contributed by atoms with Crippen molar-refractivity contribution in [3.05, 3.63) is 44.0 Å². The Kier molecular flexibility index (Phi) is 9.85.